The third kappa shape index (κ3) is 4.72. The molecule has 0 saturated carbocycles. The molecule has 1 unspecified atom stereocenters. The van der Waals surface area contributed by atoms with Gasteiger partial charge in [-0.2, -0.15) is 5.10 Å². The third-order valence-electron chi connectivity index (χ3n) is 4.34. The molecule has 8 heteroatoms. The fraction of sp³-hybridized carbons (Fsp3) is 0.750. The number of guanidine groups is 1. The van der Waals surface area contributed by atoms with Gasteiger partial charge in [0.2, 0.25) is 0 Å². The average Bonchev–Trinajstić information content (AvgIpc) is 3.02. The Bertz CT molecular complexity index is 693. The Kier molecular flexibility index (Phi) is 5.90. The molecule has 0 spiro atoms. The highest BCUT2D eigenvalue weighted by Crippen LogP contribution is 2.19. The van der Waals surface area contributed by atoms with Crippen LogP contribution in [0, 0.1) is 5.92 Å². The van der Waals surface area contributed by atoms with Gasteiger partial charge in [0.05, 0.1) is 17.2 Å². The van der Waals surface area contributed by atoms with Crippen LogP contribution in [-0.2, 0) is 23.4 Å². The third-order valence-corrected chi connectivity index (χ3v) is 6.18. The van der Waals surface area contributed by atoms with Crippen LogP contribution in [0.3, 0.4) is 0 Å². The number of sulfone groups is 1. The lowest BCUT2D eigenvalue weighted by atomic mass is 10.1. The van der Waals surface area contributed by atoms with Gasteiger partial charge >= 0.3 is 0 Å². The van der Waals surface area contributed by atoms with E-state index < -0.39 is 9.84 Å². The fourth-order valence-corrected chi connectivity index (χ4v) is 5.01. The van der Waals surface area contributed by atoms with Crippen molar-refractivity contribution in [2.45, 2.75) is 32.7 Å². The van der Waals surface area contributed by atoms with E-state index in [4.69, 9.17) is 0 Å². The van der Waals surface area contributed by atoms with Crippen LogP contribution >= 0.6 is 0 Å². The van der Waals surface area contributed by atoms with Gasteiger partial charge in [-0.05, 0) is 18.3 Å². The van der Waals surface area contributed by atoms with E-state index in [0.717, 1.165) is 18.1 Å². The van der Waals surface area contributed by atoms with Gasteiger partial charge in [0.1, 0.15) is 0 Å². The minimum atomic E-state index is -2.84. The summed E-state index contributed by atoms with van der Waals surface area (Å²) >= 11 is 0. The molecule has 1 aliphatic rings. The predicted molar refractivity (Wildman–Crippen MR) is 96.9 cm³/mol. The van der Waals surface area contributed by atoms with Gasteiger partial charge < -0.3 is 10.2 Å². The maximum absolute atomic E-state index is 11.6. The number of rotatable bonds is 5. The topological polar surface area (TPSA) is 79.6 Å². The Morgan fingerprint density at radius 1 is 1.54 bits per heavy atom. The van der Waals surface area contributed by atoms with E-state index in [9.17, 15) is 8.42 Å². The lowest BCUT2D eigenvalue weighted by Gasteiger charge is -2.23. The van der Waals surface area contributed by atoms with Gasteiger partial charge in [-0.15, -0.1) is 0 Å². The molecule has 1 aromatic rings. The van der Waals surface area contributed by atoms with Crippen LogP contribution < -0.4 is 5.32 Å². The van der Waals surface area contributed by atoms with E-state index in [2.05, 4.69) is 29.3 Å². The molecule has 7 nitrogen and oxygen atoms in total. The first-order valence-corrected chi connectivity index (χ1v) is 10.2. The van der Waals surface area contributed by atoms with Crippen molar-refractivity contribution >= 4 is 15.8 Å². The van der Waals surface area contributed by atoms with Crippen molar-refractivity contribution in [2.24, 2.45) is 18.0 Å². The normalized spacial score (nSPS) is 20.6. The Labute approximate surface area is 145 Å². The number of nitrogens with one attached hydrogen (secondary N) is 1. The summed E-state index contributed by atoms with van der Waals surface area (Å²) in [6.07, 6.45) is 2.78. The molecule has 1 fully saturated rings. The number of aromatic nitrogens is 2. The van der Waals surface area contributed by atoms with Gasteiger partial charge in [0, 0.05) is 46.0 Å². The highest BCUT2D eigenvalue weighted by atomic mass is 32.2. The quantitative estimate of drug-likeness (QED) is 0.629. The van der Waals surface area contributed by atoms with E-state index >= 15 is 0 Å². The first-order chi connectivity index (χ1) is 11.2. The number of aryl methyl sites for hydroxylation is 1. The zero-order valence-corrected chi connectivity index (χ0v) is 16.1. The molecule has 0 radical (unpaired) electrons. The molecule has 0 bridgehead atoms. The predicted octanol–water partition coefficient (Wildman–Crippen LogP) is 0.985. The van der Waals surface area contributed by atoms with Crippen molar-refractivity contribution in [3.63, 3.8) is 0 Å². The van der Waals surface area contributed by atoms with Crippen molar-refractivity contribution in [3.8, 4) is 0 Å². The SMILES string of the molecule is CN=C(NCC1CCS(=O)(=O)C1)N(C)Cc1cn(C)nc1C(C)C. The second-order valence-electron chi connectivity index (χ2n) is 6.92. The summed E-state index contributed by atoms with van der Waals surface area (Å²) in [5.74, 6) is 1.90. The molecule has 1 aromatic heterocycles. The van der Waals surface area contributed by atoms with E-state index in [-0.39, 0.29) is 11.7 Å². The Hall–Kier alpha value is -1.57. The molecule has 2 rings (SSSR count). The maximum atomic E-state index is 11.6. The van der Waals surface area contributed by atoms with Crippen LogP contribution in [0.4, 0.5) is 0 Å². The first kappa shape index (κ1) is 18.8. The molecule has 24 heavy (non-hydrogen) atoms. The van der Waals surface area contributed by atoms with E-state index in [0.29, 0.717) is 24.8 Å². The van der Waals surface area contributed by atoms with Gasteiger partial charge in [-0.3, -0.25) is 9.67 Å². The summed E-state index contributed by atoms with van der Waals surface area (Å²) in [5, 5.41) is 7.85. The van der Waals surface area contributed by atoms with Gasteiger partial charge in [0.25, 0.3) is 0 Å². The van der Waals surface area contributed by atoms with Gasteiger partial charge in [-0.25, -0.2) is 8.42 Å². The van der Waals surface area contributed by atoms with Crippen molar-refractivity contribution in [1.82, 2.24) is 20.0 Å². The summed E-state index contributed by atoms with van der Waals surface area (Å²) in [6.45, 7) is 5.63. The van der Waals surface area contributed by atoms with Crippen LogP contribution in [0.25, 0.3) is 0 Å². The largest absolute Gasteiger partial charge is 0.356 e. The monoisotopic (exact) mass is 355 g/mol. The summed E-state index contributed by atoms with van der Waals surface area (Å²) in [6, 6.07) is 0. The molecule has 136 valence electrons. The highest BCUT2D eigenvalue weighted by Gasteiger charge is 2.28. The average molecular weight is 356 g/mol. The second-order valence-corrected chi connectivity index (χ2v) is 9.15. The van der Waals surface area contributed by atoms with Gasteiger partial charge in [0.15, 0.2) is 15.8 Å². The van der Waals surface area contributed by atoms with Crippen LogP contribution in [0.2, 0.25) is 0 Å². The summed E-state index contributed by atoms with van der Waals surface area (Å²) < 4.78 is 25.0. The molecule has 1 N–H and O–H groups in total. The first-order valence-electron chi connectivity index (χ1n) is 8.36. The Balaban J connectivity index is 1.96. The number of hydrogen-bond donors (Lipinski definition) is 1. The second kappa shape index (κ2) is 7.55. The zero-order chi connectivity index (χ0) is 17.9. The van der Waals surface area contributed by atoms with Crippen LogP contribution in [0.15, 0.2) is 11.2 Å². The molecule has 2 heterocycles. The Morgan fingerprint density at radius 3 is 2.79 bits per heavy atom. The molecular formula is C16H29N5O2S. The van der Waals surface area contributed by atoms with E-state index in [1.165, 1.54) is 5.56 Å². The molecule has 0 amide bonds. The fourth-order valence-electron chi connectivity index (χ4n) is 3.15. The van der Waals surface area contributed by atoms with Crippen molar-refractivity contribution < 1.29 is 8.42 Å². The standard InChI is InChI=1S/C16H29N5O2S/c1-12(2)15-14(10-21(5)19-15)9-20(4)16(17-3)18-8-13-6-7-24(22,23)11-13/h10,12-13H,6-9,11H2,1-5H3,(H,17,18). The van der Waals surface area contributed by atoms with E-state index in [1.54, 1.807) is 7.05 Å². The molecule has 1 saturated heterocycles. The van der Waals surface area contributed by atoms with Crippen molar-refractivity contribution in [2.75, 3.05) is 32.1 Å². The van der Waals surface area contributed by atoms with Crippen LogP contribution in [-0.4, -0.2) is 61.2 Å². The van der Waals surface area contributed by atoms with E-state index in [1.807, 2.05) is 29.9 Å². The highest BCUT2D eigenvalue weighted by molar-refractivity contribution is 7.91. The summed E-state index contributed by atoms with van der Waals surface area (Å²) in [5.41, 5.74) is 2.28. The lowest BCUT2D eigenvalue weighted by Crippen LogP contribution is -2.41. The zero-order valence-electron chi connectivity index (χ0n) is 15.3. The van der Waals surface area contributed by atoms with Crippen LogP contribution in [0.1, 0.15) is 37.4 Å². The van der Waals surface area contributed by atoms with Gasteiger partial charge in [-0.1, -0.05) is 13.8 Å². The molecular weight excluding hydrogens is 326 g/mol. The summed E-state index contributed by atoms with van der Waals surface area (Å²) in [4.78, 5) is 6.37. The smallest absolute Gasteiger partial charge is 0.193 e. The van der Waals surface area contributed by atoms with Crippen molar-refractivity contribution in [3.05, 3.63) is 17.5 Å². The maximum Gasteiger partial charge on any atom is 0.193 e. The molecule has 0 aliphatic carbocycles. The minimum Gasteiger partial charge on any atom is -0.356 e. The van der Waals surface area contributed by atoms with Crippen molar-refractivity contribution in [1.29, 1.82) is 0 Å². The number of aliphatic imine (C=N–C) groups is 1. The number of nitrogens with zero attached hydrogens (tertiary/aromatic N) is 4. The Morgan fingerprint density at radius 2 is 2.25 bits per heavy atom. The molecule has 1 aliphatic heterocycles. The number of hydrogen-bond acceptors (Lipinski definition) is 4. The summed E-state index contributed by atoms with van der Waals surface area (Å²) in [7, 11) is 2.83. The molecule has 0 aromatic carbocycles. The lowest BCUT2D eigenvalue weighted by molar-refractivity contribution is 0.461. The minimum absolute atomic E-state index is 0.171. The molecule has 1 atom stereocenters. The van der Waals surface area contributed by atoms with Crippen LogP contribution in [0.5, 0.6) is 0 Å².